The second-order valence-corrected chi connectivity index (χ2v) is 6.24. The number of aromatic nitrogens is 1. The van der Waals surface area contributed by atoms with E-state index in [9.17, 15) is 4.79 Å². The summed E-state index contributed by atoms with van der Waals surface area (Å²) in [4.78, 5) is 16.3. The van der Waals surface area contributed by atoms with Gasteiger partial charge in [-0.1, -0.05) is 35.4 Å². The van der Waals surface area contributed by atoms with Crippen LogP contribution in [0.25, 0.3) is 10.9 Å². The van der Waals surface area contributed by atoms with Crippen molar-refractivity contribution >= 4 is 16.9 Å². The Labute approximate surface area is 147 Å². The van der Waals surface area contributed by atoms with E-state index in [1.807, 2.05) is 25.1 Å². The van der Waals surface area contributed by atoms with E-state index in [0.717, 1.165) is 16.5 Å². The minimum absolute atomic E-state index is 0.245. The Morgan fingerprint density at radius 3 is 2.48 bits per heavy atom. The average molecular weight is 335 g/mol. The summed E-state index contributed by atoms with van der Waals surface area (Å²) in [5.41, 5.74) is 5.55. The number of carbonyl (C=O) groups excluding carboxylic acids is 1. The van der Waals surface area contributed by atoms with Gasteiger partial charge in [0.15, 0.2) is 5.69 Å². The molecule has 0 bridgehead atoms. The Bertz CT molecular complexity index is 947. The molecule has 0 aliphatic rings. The van der Waals surface area contributed by atoms with Crippen LogP contribution in [0.4, 0.5) is 0 Å². The number of hydrogen-bond donors (Lipinski definition) is 0. The molecule has 0 amide bonds. The fourth-order valence-corrected chi connectivity index (χ4v) is 2.75. The molecule has 1 aromatic heterocycles. The zero-order valence-corrected chi connectivity index (χ0v) is 14.9. The smallest absolute Gasteiger partial charge is 0.356 e. The van der Waals surface area contributed by atoms with E-state index in [1.54, 1.807) is 6.07 Å². The first kappa shape index (κ1) is 17.0. The highest BCUT2D eigenvalue weighted by molar-refractivity contribution is 5.94. The Kier molecular flexibility index (Phi) is 4.70. The molecule has 0 saturated heterocycles. The molecular weight excluding hydrogens is 314 g/mol. The highest BCUT2D eigenvalue weighted by Gasteiger charge is 2.14. The number of benzene rings is 2. The fraction of sp³-hybridized carbons (Fsp3) is 0.238. The van der Waals surface area contributed by atoms with E-state index in [1.165, 1.54) is 18.2 Å². The number of hydrogen-bond acceptors (Lipinski definition) is 4. The van der Waals surface area contributed by atoms with Gasteiger partial charge in [-0.2, -0.15) is 0 Å². The van der Waals surface area contributed by atoms with Crippen LogP contribution in [0, 0.1) is 20.8 Å². The van der Waals surface area contributed by atoms with Gasteiger partial charge in [0.2, 0.25) is 0 Å². The third-order valence-corrected chi connectivity index (χ3v) is 4.21. The lowest BCUT2D eigenvalue weighted by Gasteiger charge is -2.13. The van der Waals surface area contributed by atoms with Crippen LogP contribution in [0.3, 0.4) is 0 Å². The predicted octanol–water partition coefficient (Wildman–Crippen LogP) is 4.53. The van der Waals surface area contributed by atoms with Crippen LogP contribution in [0.2, 0.25) is 0 Å². The highest BCUT2D eigenvalue weighted by Crippen LogP contribution is 2.28. The monoisotopic (exact) mass is 335 g/mol. The van der Waals surface area contributed by atoms with Crippen molar-refractivity contribution in [2.75, 3.05) is 7.11 Å². The fourth-order valence-electron chi connectivity index (χ4n) is 2.75. The molecule has 0 spiro atoms. The molecule has 2 aromatic carbocycles. The molecule has 0 saturated carbocycles. The molecule has 3 aromatic rings. The number of fused-ring (bicyclic) bond motifs is 1. The minimum atomic E-state index is -0.473. The summed E-state index contributed by atoms with van der Waals surface area (Å²) >= 11 is 0. The molecule has 3 rings (SSSR count). The van der Waals surface area contributed by atoms with E-state index in [2.05, 4.69) is 37.0 Å². The zero-order valence-electron chi connectivity index (χ0n) is 14.9. The lowest BCUT2D eigenvalue weighted by Crippen LogP contribution is -2.06. The topological polar surface area (TPSA) is 48.4 Å². The van der Waals surface area contributed by atoms with Crippen molar-refractivity contribution in [3.05, 3.63) is 70.4 Å². The van der Waals surface area contributed by atoms with Crippen LogP contribution in [0.15, 0.2) is 42.5 Å². The summed E-state index contributed by atoms with van der Waals surface area (Å²) < 4.78 is 10.9. The average Bonchev–Trinajstić information content (AvgIpc) is 2.61. The van der Waals surface area contributed by atoms with E-state index in [-0.39, 0.29) is 5.69 Å². The maximum atomic E-state index is 11.9. The molecular formula is C21H21NO3. The van der Waals surface area contributed by atoms with E-state index < -0.39 is 5.97 Å². The van der Waals surface area contributed by atoms with Gasteiger partial charge in [0.1, 0.15) is 12.4 Å². The summed E-state index contributed by atoms with van der Waals surface area (Å²) in [6.45, 7) is 6.57. The first-order valence-electron chi connectivity index (χ1n) is 8.16. The molecule has 25 heavy (non-hydrogen) atoms. The molecule has 128 valence electrons. The predicted molar refractivity (Wildman–Crippen MR) is 98.1 cm³/mol. The van der Waals surface area contributed by atoms with Crippen molar-refractivity contribution in [3.63, 3.8) is 0 Å². The van der Waals surface area contributed by atoms with Gasteiger partial charge in [-0.3, -0.25) is 0 Å². The zero-order chi connectivity index (χ0) is 18.0. The van der Waals surface area contributed by atoms with Gasteiger partial charge < -0.3 is 9.47 Å². The highest BCUT2D eigenvalue weighted by atomic mass is 16.5. The van der Waals surface area contributed by atoms with E-state index >= 15 is 0 Å². The second kappa shape index (κ2) is 6.93. The summed E-state index contributed by atoms with van der Waals surface area (Å²) in [7, 11) is 1.35. The number of rotatable bonds is 4. The van der Waals surface area contributed by atoms with Crippen molar-refractivity contribution in [1.82, 2.24) is 4.98 Å². The van der Waals surface area contributed by atoms with E-state index in [0.29, 0.717) is 17.9 Å². The number of esters is 1. The first-order chi connectivity index (χ1) is 12.0. The van der Waals surface area contributed by atoms with Crippen LogP contribution in [-0.2, 0) is 11.3 Å². The largest absolute Gasteiger partial charge is 0.488 e. The number of pyridine rings is 1. The standard InChI is InChI=1S/C21H21NO3/c1-13-5-7-15(3)16(9-13)12-25-20-11-19(21(23)24-4)22-18-8-6-14(2)10-17(18)20/h5-11H,12H2,1-4H3. The Morgan fingerprint density at radius 1 is 1.00 bits per heavy atom. The quantitative estimate of drug-likeness (QED) is 0.658. The van der Waals surface area contributed by atoms with Crippen LogP contribution >= 0.6 is 0 Å². The van der Waals surface area contributed by atoms with Gasteiger partial charge in [-0.05, 0) is 44.0 Å². The van der Waals surface area contributed by atoms with Crippen molar-refractivity contribution in [3.8, 4) is 5.75 Å². The normalized spacial score (nSPS) is 10.7. The van der Waals surface area contributed by atoms with Gasteiger partial charge in [0.25, 0.3) is 0 Å². The number of carbonyl (C=O) groups is 1. The molecule has 0 unspecified atom stereocenters. The molecule has 0 atom stereocenters. The second-order valence-electron chi connectivity index (χ2n) is 6.24. The summed E-state index contributed by atoms with van der Waals surface area (Å²) in [6, 6.07) is 13.8. The van der Waals surface area contributed by atoms with E-state index in [4.69, 9.17) is 9.47 Å². The molecule has 0 radical (unpaired) electrons. The molecule has 4 heteroatoms. The van der Waals surface area contributed by atoms with Crippen molar-refractivity contribution in [1.29, 1.82) is 0 Å². The summed E-state index contributed by atoms with van der Waals surface area (Å²) in [6.07, 6.45) is 0. The van der Waals surface area contributed by atoms with Gasteiger partial charge >= 0.3 is 5.97 Å². The minimum Gasteiger partial charge on any atom is -0.488 e. The molecule has 0 N–H and O–H groups in total. The third-order valence-electron chi connectivity index (χ3n) is 4.21. The number of methoxy groups -OCH3 is 1. The first-order valence-corrected chi connectivity index (χ1v) is 8.16. The number of nitrogens with zero attached hydrogens (tertiary/aromatic N) is 1. The van der Waals surface area contributed by atoms with Crippen LogP contribution < -0.4 is 4.74 Å². The SMILES string of the molecule is COC(=O)c1cc(OCc2cc(C)ccc2C)c2cc(C)ccc2n1. The number of ether oxygens (including phenoxy) is 2. The lowest BCUT2D eigenvalue weighted by molar-refractivity contribution is 0.0594. The van der Waals surface area contributed by atoms with Gasteiger partial charge in [-0.15, -0.1) is 0 Å². The molecule has 4 nitrogen and oxygen atoms in total. The summed E-state index contributed by atoms with van der Waals surface area (Å²) in [5.74, 6) is 0.161. The van der Waals surface area contributed by atoms with Gasteiger partial charge in [0.05, 0.1) is 12.6 Å². The van der Waals surface area contributed by atoms with Gasteiger partial charge in [0, 0.05) is 11.5 Å². The third kappa shape index (κ3) is 3.63. The van der Waals surface area contributed by atoms with Crippen molar-refractivity contribution < 1.29 is 14.3 Å². The molecule has 0 aliphatic heterocycles. The molecule has 0 aliphatic carbocycles. The van der Waals surface area contributed by atoms with Crippen molar-refractivity contribution in [2.24, 2.45) is 0 Å². The van der Waals surface area contributed by atoms with Crippen LogP contribution in [0.1, 0.15) is 32.7 Å². The Morgan fingerprint density at radius 2 is 1.72 bits per heavy atom. The Hall–Kier alpha value is -2.88. The Balaban J connectivity index is 2.02. The van der Waals surface area contributed by atoms with Crippen LogP contribution in [-0.4, -0.2) is 18.1 Å². The molecule has 1 heterocycles. The maximum Gasteiger partial charge on any atom is 0.356 e. The molecule has 0 fully saturated rings. The summed E-state index contributed by atoms with van der Waals surface area (Å²) in [5, 5.41) is 0.887. The van der Waals surface area contributed by atoms with Gasteiger partial charge in [-0.25, -0.2) is 9.78 Å². The lowest BCUT2D eigenvalue weighted by atomic mass is 10.1. The number of aryl methyl sites for hydroxylation is 3. The maximum absolute atomic E-state index is 11.9. The van der Waals surface area contributed by atoms with Crippen LogP contribution in [0.5, 0.6) is 5.75 Å². The van der Waals surface area contributed by atoms with Crippen molar-refractivity contribution in [2.45, 2.75) is 27.4 Å².